The highest BCUT2D eigenvalue weighted by Crippen LogP contribution is 2.21. The summed E-state index contributed by atoms with van der Waals surface area (Å²) < 4.78 is 1.13. The lowest BCUT2D eigenvalue weighted by Gasteiger charge is -2.10. The molecule has 1 N–H and O–H groups in total. The van der Waals surface area contributed by atoms with Gasteiger partial charge in [-0.15, -0.1) is 0 Å². The van der Waals surface area contributed by atoms with E-state index in [1.807, 2.05) is 62.4 Å². The third-order valence-electron chi connectivity index (χ3n) is 3.52. The molecule has 110 valence electrons. The molecule has 4 heteroatoms. The second-order valence-electron chi connectivity index (χ2n) is 5.25. The van der Waals surface area contributed by atoms with E-state index in [9.17, 15) is 4.79 Å². The van der Waals surface area contributed by atoms with Gasteiger partial charge in [-0.05, 0) is 66.3 Å². The zero-order valence-electron chi connectivity index (χ0n) is 12.4. The fourth-order valence-electron chi connectivity index (χ4n) is 2.36. The van der Waals surface area contributed by atoms with Crippen molar-refractivity contribution >= 4 is 45.1 Å². The second kappa shape index (κ2) is 6.04. The molecule has 22 heavy (non-hydrogen) atoms. The van der Waals surface area contributed by atoms with Crippen LogP contribution in [0, 0.1) is 17.4 Å². The maximum absolute atomic E-state index is 12.6. The number of para-hydroxylation sites is 1. The molecule has 0 aliphatic carbocycles. The molecule has 0 bridgehead atoms. The Bertz CT molecular complexity index is 874. The highest BCUT2D eigenvalue weighted by Gasteiger charge is 2.12. The molecule has 1 aromatic heterocycles. The Hall–Kier alpha value is -1.95. The van der Waals surface area contributed by atoms with E-state index < -0.39 is 0 Å². The van der Waals surface area contributed by atoms with Gasteiger partial charge in [0.05, 0.1) is 11.1 Å². The SMILES string of the molecule is Cc1cc(C(=O)Nc2ccc(C)c(I)c2)c2ccccc2n1. The van der Waals surface area contributed by atoms with Gasteiger partial charge in [-0.2, -0.15) is 0 Å². The third-order valence-corrected chi connectivity index (χ3v) is 4.68. The average molecular weight is 402 g/mol. The molecule has 2 aromatic carbocycles. The first kappa shape index (κ1) is 15.0. The van der Waals surface area contributed by atoms with Gasteiger partial charge >= 0.3 is 0 Å². The molecule has 0 spiro atoms. The molecule has 0 aliphatic rings. The molecule has 3 aromatic rings. The summed E-state index contributed by atoms with van der Waals surface area (Å²) in [7, 11) is 0. The van der Waals surface area contributed by atoms with E-state index in [1.54, 1.807) is 0 Å². The number of rotatable bonds is 2. The van der Waals surface area contributed by atoms with Crippen LogP contribution in [0.1, 0.15) is 21.6 Å². The van der Waals surface area contributed by atoms with Crippen LogP contribution in [0.3, 0.4) is 0 Å². The van der Waals surface area contributed by atoms with Crippen LogP contribution in [0.25, 0.3) is 10.9 Å². The average Bonchev–Trinajstić information content (AvgIpc) is 2.50. The maximum Gasteiger partial charge on any atom is 0.256 e. The van der Waals surface area contributed by atoms with Crippen molar-refractivity contribution in [2.75, 3.05) is 5.32 Å². The van der Waals surface area contributed by atoms with Crippen LogP contribution < -0.4 is 5.32 Å². The molecule has 3 rings (SSSR count). The zero-order chi connectivity index (χ0) is 15.7. The summed E-state index contributed by atoms with van der Waals surface area (Å²) in [5, 5.41) is 3.84. The number of nitrogens with zero attached hydrogens (tertiary/aromatic N) is 1. The lowest BCUT2D eigenvalue weighted by molar-refractivity contribution is 0.102. The second-order valence-corrected chi connectivity index (χ2v) is 6.41. The molecule has 0 saturated carbocycles. The normalized spacial score (nSPS) is 10.7. The highest BCUT2D eigenvalue weighted by atomic mass is 127. The summed E-state index contributed by atoms with van der Waals surface area (Å²) >= 11 is 2.27. The van der Waals surface area contributed by atoms with Gasteiger partial charge in [-0.25, -0.2) is 0 Å². The van der Waals surface area contributed by atoms with Gasteiger partial charge in [0.2, 0.25) is 0 Å². The summed E-state index contributed by atoms with van der Waals surface area (Å²) in [6.07, 6.45) is 0. The van der Waals surface area contributed by atoms with Gasteiger partial charge in [0.25, 0.3) is 5.91 Å². The lowest BCUT2D eigenvalue weighted by atomic mass is 10.1. The number of amides is 1. The predicted molar refractivity (Wildman–Crippen MR) is 98.3 cm³/mol. The van der Waals surface area contributed by atoms with Crippen LogP contribution in [-0.2, 0) is 0 Å². The predicted octanol–water partition coefficient (Wildman–Crippen LogP) is 4.71. The van der Waals surface area contributed by atoms with Crippen molar-refractivity contribution in [1.29, 1.82) is 0 Å². The number of fused-ring (bicyclic) bond motifs is 1. The molecule has 0 unspecified atom stereocenters. The standard InChI is InChI=1S/C18H15IN2O/c1-11-7-8-13(10-16(11)19)21-18(22)15-9-12(2)20-17-6-4-3-5-14(15)17/h3-10H,1-2H3,(H,21,22). The fraction of sp³-hybridized carbons (Fsp3) is 0.111. The monoisotopic (exact) mass is 402 g/mol. The number of halogens is 1. The Morgan fingerprint density at radius 3 is 2.64 bits per heavy atom. The number of pyridine rings is 1. The smallest absolute Gasteiger partial charge is 0.256 e. The van der Waals surface area contributed by atoms with Crippen LogP contribution in [0.2, 0.25) is 0 Å². The van der Waals surface area contributed by atoms with Crippen molar-refractivity contribution in [3.05, 3.63) is 68.9 Å². The van der Waals surface area contributed by atoms with Crippen LogP contribution in [0.15, 0.2) is 48.5 Å². The molecule has 0 saturated heterocycles. The number of nitrogens with one attached hydrogen (secondary N) is 1. The summed E-state index contributed by atoms with van der Waals surface area (Å²) in [4.78, 5) is 17.1. The molecule has 0 atom stereocenters. The number of aryl methyl sites for hydroxylation is 2. The van der Waals surface area contributed by atoms with Crippen LogP contribution >= 0.6 is 22.6 Å². The first-order valence-corrected chi connectivity index (χ1v) is 8.06. The molecule has 1 heterocycles. The van der Waals surface area contributed by atoms with E-state index in [0.717, 1.165) is 25.9 Å². The summed E-state index contributed by atoms with van der Waals surface area (Å²) in [6.45, 7) is 3.95. The van der Waals surface area contributed by atoms with Crippen molar-refractivity contribution in [1.82, 2.24) is 4.98 Å². The molecule has 1 amide bonds. The first-order valence-electron chi connectivity index (χ1n) is 6.98. The Labute approximate surface area is 142 Å². The number of hydrogen-bond donors (Lipinski definition) is 1. The maximum atomic E-state index is 12.6. The minimum Gasteiger partial charge on any atom is -0.322 e. The number of anilines is 1. The quantitative estimate of drug-likeness (QED) is 0.631. The van der Waals surface area contributed by atoms with E-state index in [2.05, 4.69) is 32.9 Å². The van der Waals surface area contributed by atoms with Crippen LogP contribution in [0.4, 0.5) is 5.69 Å². The topological polar surface area (TPSA) is 42.0 Å². The van der Waals surface area contributed by atoms with Crippen molar-refractivity contribution in [3.8, 4) is 0 Å². The van der Waals surface area contributed by atoms with Crippen molar-refractivity contribution < 1.29 is 4.79 Å². The number of aromatic nitrogens is 1. The van der Waals surface area contributed by atoms with E-state index in [0.29, 0.717) is 5.56 Å². The highest BCUT2D eigenvalue weighted by molar-refractivity contribution is 14.1. The number of benzene rings is 2. The minimum atomic E-state index is -0.110. The molecule has 3 nitrogen and oxygen atoms in total. The molecule has 0 fully saturated rings. The van der Waals surface area contributed by atoms with E-state index in [1.165, 1.54) is 5.56 Å². The summed E-state index contributed by atoms with van der Waals surface area (Å²) in [6, 6.07) is 15.4. The van der Waals surface area contributed by atoms with Crippen LogP contribution in [-0.4, -0.2) is 10.9 Å². The Kier molecular flexibility index (Phi) is 4.11. The minimum absolute atomic E-state index is 0.110. The van der Waals surface area contributed by atoms with Crippen molar-refractivity contribution in [3.63, 3.8) is 0 Å². The lowest BCUT2D eigenvalue weighted by Crippen LogP contribution is -2.13. The Morgan fingerprint density at radius 2 is 1.86 bits per heavy atom. The molecular weight excluding hydrogens is 387 g/mol. The van der Waals surface area contributed by atoms with E-state index >= 15 is 0 Å². The van der Waals surface area contributed by atoms with E-state index in [-0.39, 0.29) is 5.91 Å². The Balaban J connectivity index is 2.00. The third kappa shape index (κ3) is 2.97. The van der Waals surface area contributed by atoms with Gasteiger partial charge in [0.15, 0.2) is 0 Å². The van der Waals surface area contributed by atoms with Gasteiger partial charge in [0, 0.05) is 20.3 Å². The van der Waals surface area contributed by atoms with Gasteiger partial charge in [0.1, 0.15) is 0 Å². The molecule has 0 radical (unpaired) electrons. The fourth-order valence-corrected chi connectivity index (χ4v) is 2.88. The largest absolute Gasteiger partial charge is 0.322 e. The zero-order valence-corrected chi connectivity index (χ0v) is 14.5. The number of carbonyl (C=O) groups excluding carboxylic acids is 1. The molecule has 0 aliphatic heterocycles. The van der Waals surface area contributed by atoms with Crippen molar-refractivity contribution in [2.24, 2.45) is 0 Å². The van der Waals surface area contributed by atoms with Gasteiger partial charge in [-0.3, -0.25) is 9.78 Å². The van der Waals surface area contributed by atoms with Gasteiger partial charge in [-0.1, -0.05) is 24.3 Å². The number of carbonyl (C=O) groups is 1. The summed E-state index contributed by atoms with van der Waals surface area (Å²) in [5.74, 6) is -0.110. The van der Waals surface area contributed by atoms with Crippen molar-refractivity contribution in [2.45, 2.75) is 13.8 Å². The number of hydrogen-bond acceptors (Lipinski definition) is 2. The summed E-state index contributed by atoms with van der Waals surface area (Å²) in [5.41, 5.74) is 4.33. The van der Waals surface area contributed by atoms with Gasteiger partial charge < -0.3 is 5.32 Å². The van der Waals surface area contributed by atoms with E-state index in [4.69, 9.17) is 0 Å². The van der Waals surface area contributed by atoms with Crippen LogP contribution in [0.5, 0.6) is 0 Å². The Morgan fingerprint density at radius 1 is 1.09 bits per heavy atom. The first-order chi connectivity index (χ1) is 10.5. The molecular formula is C18H15IN2O.